The average molecular weight is 284 g/mol. The topological polar surface area (TPSA) is 48.1 Å². The number of aryl methyl sites for hydroxylation is 1. The summed E-state index contributed by atoms with van der Waals surface area (Å²) in [5.74, 6) is -0.469. The Morgan fingerprint density at radius 1 is 1.19 bits per heavy atom. The van der Waals surface area contributed by atoms with Gasteiger partial charge in [0.2, 0.25) is 0 Å². The summed E-state index contributed by atoms with van der Waals surface area (Å²) in [4.78, 5) is 10.6. The number of rotatable bonds is 3. The Balaban J connectivity index is 2.08. The van der Waals surface area contributed by atoms with Gasteiger partial charge in [-0.25, -0.2) is 4.39 Å². The van der Waals surface area contributed by atoms with E-state index in [9.17, 15) is 14.5 Å². The Bertz CT molecular complexity index is 839. The highest BCUT2D eigenvalue weighted by atomic mass is 19.1. The molecule has 0 fully saturated rings. The molecule has 0 atom stereocenters. The first-order valence-corrected chi connectivity index (χ1v) is 6.53. The van der Waals surface area contributed by atoms with Gasteiger partial charge in [-0.3, -0.25) is 10.1 Å². The van der Waals surface area contributed by atoms with E-state index in [-0.39, 0.29) is 12.2 Å². The van der Waals surface area contributed by atoms with Crippen LogP contribution in [0.25, 0.3) is 10.9 Å². The molecule has 0 N–H and O–H groups in total. The van der Waals surface area contributed by atoms with Gasteiger partial charge in [-0.1, -0.05) is 12.1 Å². The summed E-state index contributed by atoms with van der Waals surface area (Å²) >= 11 is 0. The second-order valence-corrected chi connectivity index (χ2v) is 5.04. The van der Waals surface area contributed by atoms with Gasteiger partial charge in [-0.05, 0) is 42.1 Å². The van der Waals surface area contributed by atoms with Gasteiger partial charge in [0.15, 0.2) is 0 Å². The van der Waals surface area contributed by atoms with Crippen molar-refractivity contribution < 1.29 is 9.31 Å². The average Bonchev–Trinajstić information content (AvgIpc) is 2.81. The Kier molecular flexibility index (Phi) is 3.17. The zero-order chi connectivity index (χ0) is 15.0. The van der Waals surface area contributed by atoms with E-state index in [0.717, 1.165) is 22.5 Å². The molecule has 4 nitrogen and oxygen atoms in total. The number of hydrogen-bond donors (Lipinski definition) is 0. The van der Waals surface area contributed by atoms with Crippen LogP contribution in [-0.4, -0.2) is 9.49 Å². The molecule has 0 saturated heterocycles. The summed E-state index contributed by atoms with van der Waals surface area (Å²) in [6, 6.07) is 11.5. The van der Waals surface area contributed by atoms with Crippen molar-refractivity contribution in [1.29, 1.82) is 0 Å². The predicted molar refractivity (Wildman–Crippen MR) is 78.8 cm³/mol. The molecule has 0 aliphatic heterocycles. The number of fused-ring (bicyclic) bond motifs is 1. The van der Waals surface area contributed by atoms with E-state index < -0.39 is 10.7 Å². The second kappa shape index (κ2) is 5.01. The highest BCUT2D eigenvalue weighted by molar-refractivity contribution is 5.80. The molecule has 0 saturated carbocycles. The first-order chi connectivity index (χ1) is 10.0. The number of nitro groups is 1. The van der Waals surface area contributed by atoms with Gasteiger partial charge >= 0.3 is 0 Å². The van der Waals surface area contributed by atoms with Crippen LogP contribution in [-0.2, 0) is 6.54 Å². The lowest BCUT2D eigenvalue weighted by Gasteiger charge is -2.07. The van der Waals surface area contributed by atoms with Crippen LogP contribution in [0, 0.1) is 22.9 Å². The fraction of sp³-hybridized carbons (Fsp3) is 0.125. The van der Waals surface area contributed by atoms with Gasteiger partial charge in [0, 0.05) is 17.8 Å². The predicted octanol–water partition coefficient (Wildman–Crippen LogP) is 4.05. The Hall–Kier alpha value is -2.69. The molecule has 0 amide bonds. The van der Waals surface area contributed by atoms with Crippen molar-refractivity contribution >= 4 is 16.6 Å². The van der Waals surface area contributed by atoms with Gasteiger partial charge in [0.1, 0.15) is 5.82 Å². The van der Waals surface area contributed by atoms with E-state index >= 15 is 0 Å². The molecule has 1 heterocycles. The van der Waals surface area contributed by atoms with E-state index in [0.29, 0.717) is 5.56 Å². The quantitative estimate of drug-likeness (QED) is 0.538. The minimum absolute atomic E-state index is 0.0640. The minimum atomic E-state index is -0.480. The first kappa shape index (κ1) is 13.3. The van der Waals surface area contributed by atoms with Crippen molar-refractivity contribution in [2.45, 2.75) is 13.5 Å². The first-order valence-electron chi connectivity index (χ1n) is 6.53. The summed E-state index contributed by atoms with van der Waals surface area (Å²) in [5, 5.41) is 12.1. The standard InChI is InChI=1S/C16H13FN2O2/c1-11-2-3-12-6-7-18(16(12)8-11)10-13-9-14(17)4-5-15(13)19(20)21/h2-9H,10H2,1H3. The summed E-state index contributed by atoms with van der Waals surface area (Å²) in [7, 11) is 0. The lowest BCUT2D eigenvalue weighted by Crippen LogP contribution is -2.03. The zero-order valence-corrected chi connectivity index (χ0v) is 11.4. The zero-order valence-electron chi connectivity index (χ0n) is 11.4. The summed E-state index contributed by atoms with van der Waals surface area (Å²) in [6.45, 7) is 2.25. The molecule has 0 bridgehead atoms. The molecular weight excluding hydrogens is 271 g/mol. The smallest absolute Gasteiger partial charge is 0.274 e. The van der Waals surface area contributed by atoms with E-state index in [1.165, 1.54) is 12.1 Å². The lowest BCUT2D eigenvalue weighted by molar-refractivity contribution is -0.385. The minimum Gasteiger partial charge on any atom is -0.343 e. The molecule has 106 valence electrons. The molecule has 0 unspecified atom stereocenters. The Labute approximate surface area is 120 Å². The SMILES string of the molecule is Cc1ccc2ccn(Cc3cc(F)ccc3[N+](=O)[O-])c2c1. The normalized spacial score (nSPS) is 11.0. The maximum absolute atomic E-state index is 13.4. The molecule has 0 aliphatic carbocycles. The molecular formula is C16H13FN2O2. The molecule has 3 rings (SSSR count). The number of nitro benzene ring substituents is 1. The maximum Gasteiger partial charge on any atom is 0.274 e. The molecule has 0 radical (unpaired) electrons. The van der Waals surface area contributed by atoms with Crippen molar-refractivity contribution in [3.8, 4) is 0 Å². The summed E-state index contributed by atoms with van der Waals surface area (Å²) < 4.78 is 15.3. The van der Waals surface area contributed by atoms with Crippen molar-refractivity contribution in [1.82, 2.24) is 4.57 Å². The van der Waals surface area contributed by atoms with Gasteiger partial charge < -0.3 is 4.57 Å². The Morgan fingerprint density at radius 3 is 2.76 bits per heavy atom. The van der Waals surface area contributed by atoms with E-state index in [1.807, 2.05) is 42.0 Å². The van der Waals surface area contributed by atoms with Crippen molar-refractivity contribution in [3.05, 3.63) is 75.7 Å². The largest absolute Gasteiger partial charge is 0.343 e. The van der Waals surface area contributed by atoms with Crippen LogP contribution in [0.15, 0.2) is 48.7 Å². The van der Waals surface area contributed by atoms with E-state index in [1.54, 1.807) is 0 Å². The van der Waals surface area contributed by atoms with Crippen molar-refractivity contribution in [2.75, 3.05) is 0 Å². The molecule has 1 aromatic heterocycles. The van der Waals surface area contributed by atoms with Crippen molar-refractivity contribution in [2.24, 2.45) is 0 Å². The highest BCUT2D eigenvalue weighted by Crippen LogP contribution is 2.24. The third kappa shape index (κ3) is 2.50. The molecule has 0 spiro atoms. The number of halogens is 1. The molecule has 0 aliphatic rings. The molecule has 2 aromatic carbocycles. The number of benzene rings is 2. The van der Waals surface area contributed by atoms with Gasteiger partial charge in [-0.15, -0.1) is 0 Å². The summed E-state index contributed by atoms with van der Waals surface area (Å²) in [6.07, 6.45) is 1.86. The van der Waals surface area contributed by atoms with E-state index in [4.69, 9.17) is 0 Å². The third-order valence-electron chi connectivity index (χ3n) is 3.51. The van der Waals surface area contributed by atoms with Crippen LogP contribution >= 0.6 is 0 Å². The second-order valence-electron chi connectivity index (χ2n) is 5.04. The van der Waals surface area contributed by atoms with Gasteiger partial charge in [0.05, 0.1) is 17.0 Å². The van der Waals surface area contributed by atoms with Crippen molar-refractivity contribution in [3.63, 3.8) is 0 Å². The van der Waals surface area contributed by atoms with Crippen LogP contribution in [0.3, 0.4) is 0 Å². The number of hydrogen-bond acceptors (Lipinski definition) is 2. The monoisotopic (exact) mass is 284 g/mol. The summed E-state index contributed by atoms with van der Waals surface area (Å²) in [5.41, 5.74) is 2.38. The van der Waals surface area contributed by atoms with Crippen LogP contribution in [0.4, 0.5) is 10.1 Å². The highest BCUT2D eigenvalue weighted by Gasteiger charge is 2.15. The van der Waals surface area contributed by atoms with Crippen LogP contribution < -0.4 is 0 Å². The van der Waals surface area contributed by atoms with Crippen LogP contribution in [0.2, 0.25) is 0 Å². The van der Waals surface area contributed by atoms with Gasteiger partial charge in [-0.2, -0.15) is 0 Å². The van der Waals surface area contributed by atoms with Gasteiger partial charge in [0.25, 0.3) is 5.69 Å². The lowest BCUT2D eigenvalue weighted by atomic mass is 10.1. The van der Waals surface area contributed by atoms with Crippen LogP contribution in [0.5, 0.6) is 0 Å². The maximum atomic E-state index is 13.4. The fourth-order valence-electron chi connectivity index (χ4n) is 2.47. The number of nitrogens with zero attached hydrogens (tertiary/aromatic N) is 2. The molecule has 21 heavy (non-hydrogen) atoms. The third-order valence-corrected chi connectivity index (χ3v) is 3.51. The molecule has 5 heteroatoms. The fourth-order valence-corrected chi connectivity index (χ4v) is 2.47. The van der Waals surface area contributed by atoms with E-state index in [2.05, 4.69) is 0 Å². The number of aromatic nitrogens is 1. The van der Waals surface area contributed by atoms with Crippen LogP contribution in [0.1, 0.15) is 11.1 Å². The molecule has 3 aromatic rings. The Morgan fingerprint density at radius 2 is 2.00 bits per heavy atom.